The molecule has 27 heavy (non-hydrogen) atoms. The minimum atomic E-state index is 0.109. The van der Waals surface area contributed by atoms with E-state index in [0.717, 1.165) is 42.9 Å². The first-order chi connectivity index (χ1) is 13.3. The summed E-state index contributed by atoms with van der Waals surface area (Å²) in [5.74, 6) is 2.02. The van der Waals surface area contributed by atoms with Crippen molar-refractivity contribution in [2.75, 3.05) is 18.5 Å². The van der Waals surface area contributed by atoms with E-state index in [0.29, 0.717) is 24.2 Å². The van der Waals surface area contributed by atoms with Gasteiger partial charge >= 0.3 is 0 Å². The number of aromatic hydroxyl groups is 1. The van der Waals surface area contributed by atoms with Crippen molar-refractivity contribution in [3.63, 3.8) is 0 Å². The van der Waals surface area contributed by atoms with Crippen molar-refractivity contribution in [1.29, 1.82) is 0 Å². The van der Waals surface area contributed by atoms with Gasteiger partial charge in [-0.3, -0.25) is 0 Å². The zero-order chi connectivity index (χ0) is 18.2. The molecule has 0 aromatic heterocycles. The molecule has 1 aliphatic carbocycles. The minimum Gasteiger partial charge on any atom is -0.508 e. The van der Waals surface area contributed by atoms with Gasteiger partial charge in [0.2, 0.25) is 0 Å². The predicted octanol–water partition coefficient (Wildman–Crippen LogP) is 4.78. The molecule has 1 saturated heterocycles. The smallest absolute Gasteiger partial charge is 0.120 e. The van der Waals surface area contributed by atoms with Crippen molar-refractivity contribution in [1.82, 2.24) is 0 Å². The number of benzene rings is 2. The lowest BCUT2D eigenvalue weighted by Crippen LogP contribution is -2.29. The van der Waals surface area contributed by atoms with Gasteiger partial charge in [-0.2, -0.15) is 0 Å². The quantitative estimate of drug-likeness (QED) is 0.768. The Morgan fingerprint density at radius 2 is 2.07 bits per heavy atom. The number of allylic oxidation sites excluding steroid dienone is 2. The Bertz CT molecular complexity index is 856. The lowest BCUT2D eigenvalue weighted by molar-refractivity contribution is 0.0679. The summed E-state index contributed by atoms with van der Waals surface area (Å²) < 4.78 is 11.7. The fourth-order valence-electron chi connectivity index (χ4n) is 4.69. The minimum absolute atomic E-state index is 0.109. The second kappa shape index (κ2) is 6.93. The number of phenolic OH excluding ortho intramolecular Hbond substituents is 1. The molecule has 0 spiro atoms. The normalized spacial score (nSPS) is 28.4. The second-order valence-corrected chi connectivity index (χ2v) is 7.73. The van der Waals surface area contributed by atoms with Crippen LogP contribution >= 0.6 is 0 Å². The largest absolute Gasteiger partial charge is 0.508 e. The van der Waals surface area contributed by atoms with Gasteiger partial charge in [0.05, 0.1) is 12.1 Å². The molecule has 4 nitrogen and oxygen atoms in total. The van der Waals surface area contributed by atoms with Crippen molar-refractivity contribution < 1.29 is 14.6 Å². The van der Waals surface area contributed by atoms with Crippen LogP contribution in [0, 0.1) is 5.92 Å². The zero-order valence-corrected chi connectivity index (χ0v) is 15.3. The molecule has 1 fully saturated rings. The third kappa shape index (κ3) is 3.08. The van der Waals surface area contributed by atoms with Crippen LogP contribution in [-0.2, 0) is 4.74 Å². The van der Waals surface area contributed by atoms with E-state index in [1.165, 1.54) is 5.56 Å². The molecule has 0 saturated carbocycles. The number of fused-ring (bicyclic) bond motifs is 3. The number of rotatable bonds is 4. The summed E-state index contributed by atoms with van der Waals surface area (Å²) >= 11 is 0. The number of anilines is 1. The molecule has 2 aromatic carbocycles. The van der Waals surface area contributed by atoms with Crippen molar-refractivity contribution >= 4 is 5.69 Å². The van der Waals surface area contributed by atoms with E-state index in [1.807, 2.05) is 24.3 Å². The first-order valence-corrected chi connectivity index (χ1v) is 9.89. The molecule has 0 bridgehead atoms. The maximum absolute atomic E-state index is 10.4. The molecule has 2 heterocycles. The second-order valence-electron chi connectivity index (χ2n) is 7.73. The predicted molar refractivity (Wildman–Crippen MR) is 105 cm³/mol. The Hall–Kier alpha value is -2.46. The first-order valence-electron chi connectivity index (χ1n) is 9.89. The molecule has 4 atom stereocenters. The van der Waals surface area contributed by atoms with Gasteiger partial charge in [0.1, 0.15) is 18.1 Å². The number of phenols is 1. The lowest BCUT2D eigenvalue weighted by Gasteiger charge is -2.37. The van der Waals surface area contributed by atoms with E-state index >= 15 is 0 Å². The Morgan fingerprint density at radius 3 is 2.93 bits per heavy atom. The molecule has 0 radical (unpaired) electrons. The number of ether oxygens (including phenoxy) is 2. The van der Waals surface area contributed by atoms with Crippen LogP contribution in [0.2, 0.25) is 0 Å². The average Bonchev–Trinajstić information content (AvgIpc) is 3.38. The molecule has 2 aromatic rings. The van der Waals surface area contributed by atoms with Gasteiger partial charge in [-0.1, -0.05) is 30.4 Å². The van der Waals surface area contributed by atoms with Crippen LogP contribution in [0.15, 0.2) is 54.6 Å². The Morgan fingerprint density at radius 1 is 1.15 bits per heavy atom. The molecule has 3 aliphatic rings. The third-order valence-corrected chi connectivity index (χ3v) is 6.07. The third-order valence-electron chi connectivity index (χ3n) is 6.07. The summed E-state index contributed by atoms with van der Waals surface area (Å²) in [6.07, 6.45) is 8.02. The fourth-order valence-corrected chi connectivity index (χ4v) is 4.69. The Kier molecular flexibility index (Phi) is 4.29. The van der Waals surface area contributed by atoms with Crippen LogP contribution in [0.3, 0.4) is 0 Å². The number of nitrogens with one attached hydrogen (secondary N) is 1. The number of hydrogen-bond donors (Lipinski definition) is 2. The maximum Gasteiger partial charge on any atom is 0.120 e. The van der Waals surface area contributed by atoms with Gasteiger partial charge in [-0.25, -0.2) is 0 Å². The van der Waals surface area contributed by atoms with Crippen LogP contribution in [-0.4, -0.2) is 24.4 Å². The zero-order valence-electron chi connectivity index (χ0n) is 15.3. The summed E-state index contributed by atoms with van der Waals surface area (Å²) in [6.45, 7) is 1.47. The fraction of sp³-hybridized carbons (Fsp3) is 0.391. The van der Waals surface area contributed by atoms with E-state index < -0.39 is 0 Å². The van der Waals surface area contributed by atoms with Crippen LogP contribution < -0.4 is 10.1 Å². The van der Waals surface area contributed by atoms with Crippen LogP contribution in [0.25, 0.3) is 0 Å². The van der Waals surface area contributed by atoms with Gasteiger partial charge in [-0.05, 0) is 55.0 Å². The van der Waals surface area contributed by atoms with Gasteiger partial charge in [0.25, 0.3) is 0 Å². The summed E-state index contributed by atoms with van der Waals surface area (Å²) in [5, 5.41) is 14.0. The van der Waals surface area contributed by atoms with Gasteiger partial charge < -0.3 is 19.9 Å². The summed E-state index contributed by atoms with van der Waals surface area (Å²) in [5.41, 5.74) is 3.38. The average molecular weight is 363 g/mol. The highest BCUT2D eigenvalue weighted by molar-refractivity contribution is 5.62. The Balaban J connectivity index is 1.41. The van der Waals surface area contributed by atoms with Gasteiger partial charge in [-0.15, -0.1) is 0 Å². The van der Waals surface area contributed by atoms with Crippen LogP contribution in [0.5, 0.6) is 11.5 Å². The number of hydrogen-bond acceptors (Lipinski definition) is 4. The molecule has 2 N–H and O–H groups in total. The van der Waals surface area contributed by atoms with Gasteiger partial charge in [0.15, 0.2) is 0 Å². The van der Waals surface area contributed by atoms with Crippen molar-refractivity contribution in [2.24, 2.45) is 5.92 Å². The highest BCUT2D eigenvalue weighted by Gasteiger charge is 2.38. The van der Waals surface area contributed by atoms with Crippen molar-refractivity contribution in [3.05, 3.63) is 65.7 Å². The van der Waals surface area contributed by atoms with E-state index in [-0.39, 0.29) is 12.1 Å². The highest BCUT2D eigenvalue weighted by Crippen LogP contribution is 2.51. The SMILES string of the molecule is Oc1ccccc1C1Nc2ccc(OCC3CCCO3)cc2C2C=CCC21. The monoisotopic (exact) mass is 363 g/mol. The molecule has 4 unspecified atom stereocenters. The highest BCUT2D eigenvalue weighted by atomic mass is 16.5. The molecule has 140 valence electrons. The molecule has 5 rings (SSSR count). The Labute approximate surface area is 159 Å². The molecular formula is C23H25NO3. The van der Waals surface area contributed by atoms with Gasteiger partial charge in [0, 0.05) is 23.8 Å². The summed E-state index contributed by atoms with van der Waals surface area (Å²) in [4.78, 5) is 0. The molecule has 2 aliphatic heterocycles. The van der Waals surface area contributed by atoms with Crippen molar-refractivity contribution in [2.45, 2.75) is 37.3 Å². The summed E-state index contributed by atoms with van der Waals surface area (Å²) in [7, 11) is 0. The maximum atomic E-state index is 10.4. The lowest BCUT2D eigenvalue weighted by atomic mass is 9.77. The standard InChI is InChI=1S/C23H25NO3/c25-22-9-2-1-6-19(22)23-18-8-3-7-17(18)20-13-15(10-11-21(20)24-23)27-14-16-5-4-12-26-16/h1-3,6-7,9-11,13,16-18,23-25H,4-5,8,12,14H2. The van der Waals surface area contributed by atoms with E-state index in [4.69, 9.17) is 9.47 Å². The topological polar surface area (TPSA) is 50.7 Å². The van der Waals surface area contributed by atoms with Crippen LogP contribution in [0.1, 0.15) is 42.3 Å². The van der Waals surface area contributed by atoms with E-state index in [2.05, 4.69) is 29.6 Å². The van der Waals surface area contributed by atoms with Crippen LogP contribution in [0.4, 0.5) is 5.69 Å². The van der Waals surface area contributed by atoms with E-state index in [9.17, 15) is 5.11 Å². The van der Waals surface area contributed by atoms with Crippen molar-refractivity contribution in [3.8, 4) is 11.5 Å². The molecule has 0 amide bonds. The molecule has 4 heteroatoms. The molecular weight excluding hydrogens is 338 g/mol. The first kappa shape index (κ1) is 16.7. The summed E-state index contributed by atoms with van der Waals surface area (Å²) in [6, 6.07) is 14.1. The number of para-hydroxylation sites is 1. The van der Waals surface area contributed by atoms with E-state index in [1.54, 1.807) is 6.07 Å².